The molecule has 0 spiro atoms. The summed E-state index contributed by atoms with van der Waals surface area (Å²) < 4.78 is 1.13. The third-order valence-corrected chi connectivity index (χ3v) is 2.29. The topological polar surface area (TPSA) is 73.9 Å². The molecular weight excluding hydrogens is 196 g/mol. The Labute approximate surface area is 85.5 Å². The van der Waals surface area contributed by atoms with Gasteiger partial charge in [0.15, 0.2) is 0 Å². The second kappa shape index (κ2) is 3.64. The fraction of sp³-hybridized carbons (Fsp3) is 0.333. The van der Waals surface area contributed by atoms with Crippen molar-refractivity contribution in [1.29, 1.82) is 0 Å². The van der Waals surface area contributed by atoms with Gasteiger partial charge < -0.3 is 4.90 Å². The van der Waals surface area contributed by atoms with E-state index in [-0.39, 0.29) is 0 Å². The Morgan fingerprint density at radius 1 is 1.33 bits per heavy atom. The monoisotopic (exact) mass is 208 g/mol. The van der Waals surface area contributed by atoms with Crippen LogP contribution >= 0.6 is 0 Å². The lowest BCUT2D eigenvalue weighted by Gasteiger charge is -2.16. The van der Waals surface area contributed by atoms with Crippen molar-refractivity contribution in [1.82, 2.24) is 19.7 Å². The lowest BCUT2D eigenvalue weighted by Crippen LogP contribution is -2.28. The van der Waals surface area contributed by atoms with Crippen molar-refractivity contribution >= 4 is 0 Å². The van der Waals surface area contributed by atoms with E-state index in [1.807, 2.05) is 30.3 Å². The first-order valence-electron chi connectivity index (χ1n) is 4.62. The minimum atomic E-state index is -0.409. The second-order valence-electron chi connectivity index (χ2n) is 3.48. The molecule has 2 N–H and O–H groups in total. The van der Waals surface area contributed by atoms with Crippen molar-refractivity contribution in [3.05, 3.63) is 44.9 Å². The van der Waals surface area contributed by atoms with Crippen LogP contribution in [0.4, 0.5) is 0 Å². The van der Waals surface area contributed by atoms with E-state index in [2.05, 4.69) is 10.2 Å². The van der Waals surface area contributed by atoms with Gasteiger partial charge in [-0.3, -0.25) is 0 Å². The molecule has 15 heavy (non-hydrogen) atoms. The zero-order valence-corrected chi connectivity index (χ0v) is 8.36. The Balaban J connectivity index is 2.21. The van der Waals surface area contributed by atoms with Crippen LogP contribution in [0.25, 0.3) is 0 Å². The third-order valence-electron chi connectivity index (χ3n) is 2.29. The van der Waals surface area contributed by atoms with Gasteiger partial charge in [-0.15, -0.1) is 0 Å². The number of aromatic nitrogens is 3. The van der Waals surface area contributed by atoms with Crippen molar-refractivity contribution < 1.29 is 0 Å². The van der Waals surface area contributed by atoms with Crippen LogP contribution in [0.3, 0.4) is 0 Å². The summed E-state index contributed by atoms with van der Waals surface area (Å²) in [6.45, 7) is 1.10. The normalized spacial score (nSPS) is 15.5. The molecule has 0 amide bonds. The van der Waals surface area contributed by atoms with E-state index < -0.39 is 11.4 Å². The summed E-state index contributed by atoms with van der Waals surface area (Å²) in [7, 11) is 1.96. The van der Waals surface area contributed by atoms with Crippen LogP contribution in [0, 0.1) is 0 Å². The van der Waals surface area contributed by atoms with E-state index in [1.54, 1.807) is 0 Å². The number of aromatic amines is 2. The van der Waals surface area contributed by atoms with Gasteiger partial charge in [-0.25, -0.2) is 24.4 Å². The lowest BCUT2D eigenvalue weighted by atomic mass is 10.2. The highest BCUT2D eigenvalue weighted by atomic mass is 16.2. The minimum Gasteiger partial charge on any atom is -0.377 e. The summed E-state index contributed by atoms with van der Waals surface area (Å²) in [5.41, 5.74) is 0.141. The van der Waals surface area contributed by atoms with Crippen LogP contribution in [0.15, 0.2) is 33.5 Å². The maximum Gasteiger partial charge on any atom is 0.344 e. The molecule has 0 aromatic carbocycles. The number of likely N-dealkylation sites (N-methyl/N-ethyl adjacent to an activating group) is 1. The minimum absolute atomic E-state index is 0.308. The molecule has 0 bridgehead atoms. The average molecular weight is 208 g/mol. The summed E-state index contributed by atoms with van der Waals surface area (Å²) in [5.74, 6) is 0. The molecule has 1 aromatic heterocycles. The van der Waals surface area contributed by atoms with Gasteiger partial charge in [0.05, 0.1) is 6.54 Å². The van der Waals surface area contributed by atoms with E-state index in [4.69, 9.17) is 0 Å². The summed E-state index contributed by atoms with van der Waals surface area (Å²) in [4.78, 5) is 24.4. The Morgan fingerprint density at radius 2 is 2.00 bits per heavy atom. The van der Waals surface area contributed by atoms with Crippen LogP contribution in [0.2, 0.25) is 0 Å². The number of hydrogen-bond donors (Lipinski definition) is 2. The molecule has 6 heteroatoms. The Kier molecular flexibility index (Phi) is 2.32. The Hall–Kier alpha value is -1.98. The van der Waals surface area contributed by atoms with E-state index in [9.17, 15) is 9.59 Å². The summed E-state index contributed by atoms with van der Waals surface area (Å²) in [6.07, 6.45) is 5.79. The van der Waals surface area contributed by atoms with E-state index in [0.29, 0.717) is 6.54 Å². The van der Waals surface area contributed by atoms with Crippen molar-refractivity contribution in [3.63, 3.8) is 0 Å². The fourth-order valence-corrected chi connectivity index (χ4v) is 1.39. The molecule has 2 rings (SSSR count). The maximum absolute atomic E-state index is 11.2. The Morgan fingerprint density at radius 3 is 2.53 bits per heavy atom. The zero-order valence-electron chi connectivity index (χ0n) is 8.36. The van der Waals surface area contributed by atoms with E-state index in [1.165, 1.54) is 0 Å². The van der Waals surface area contributed by atoms with Gasteiger partial charge in [0, 0.05) is 13.6 Å². The standard InChI is InChI=1S/C9H12N4O2/c1-12-4-2-7(3-5-12)6-13-8(14)10-11-9(13)15/h2-4H,5-6H2,1H3,(H,10,14)(H,11,15). The van der Waals surface area contributed by atoms with Gasteiger partial charge in [-0.2, -0.15) is 0 Å². The SMILES string of the molecule is CN1C=CC(Cn2c(=O)[nH][nH]c2=O)=CC1. The maximum atomic E-state index is 11.2. The molecule has 1 aliphatic heterocycles. The molecule has 0 unspecified atom stereocenters. The van der Waals surface area contributed by atoms with Crippen LogP contribution in [0.1, 0.15) is 0 Å². The summed E-state index contributed by atoms with van der Waals surface area (Å²) in [6, 6.07) is 0. The number of nitrogens with zero attached hydrogens (tertiary/aromatic N) is 2. The largest absolute Gasteiger partial charge is 0.377 e. The summed E-state index contributed by atoms with van der Waals surface area (Å²) >= 11 is 0. The zero-order chi connectivity index (χ0) is 10.8. The number of allylic oxidation sites excluding steroid dienone is 2. The van der Waals surface area contributed by atoms with Crippen molar-refractivity contribution in [2.45, 2.75) is 6.54 Å². The molecule has 6 nitrogen and oxygen atoms in total. The average Bonchev–Trinajstić information content (AvgIpc) is 2.53. The van der Waals surface area contributed by atoms with Crippen molar-refractivity contribution in [2.24, 2.45) is 0 Å². The van der Waals surface area contributed by atoms with Crippen molar-refractivity contribution in [2.75, 3.05) is 13.6 Å². The number of nitrogens with one attached hydrogen (secondary N) is 2. The first-order chi connectivity index (χ1) is 7.16. The number of H-pyrrole nitrogens is 2. The highest BCUT2D eigenvalue weighted by Crippen LogP contribution is 2.05. The highest BCUT2D eigenvalue weighted by Gasteiger charge is 2.06. The third kappa shape index (κ3) is 1.93. The molecule has 2 heterocycles. The molecule has 80 valence electrons. The van der Waals surface area contributed by atoms with Crippen molar-refractivity contribution in [3.8, 4) is 0 Å². The highest BCUT2D eigenvalue weighted by molar-refractivity contribution is 5.22. The molecular formula is C9H12N4O2. The van der Waals surface area contributed by atoms with Gasteiger partial charge in [0.1, 0.15) is 0 Å². The smallest absolute Gasteiger partial charge is 0.344 e. The molecule has 1 aromatic rings. The quantitative estimate of drug-likeness (QED) is 0.671. The Bertz CT molecular complexity index is 489. The van der Waals surface area contributed by atoms with Gasteiger partial charge in [-0.05, 0) is 17.8 Å². The van der Waals surface area contributed by atoms with Crippen LogP contribution in [-0.2, 0) is 6.54 Å². The van der Waals surface area contributed by atoms with E-state index >= 15 is 0 Å². The predicted molar refractivity (Wildman–Crippen MR) is 55.5 cm³/mol. The number of hydrogen-bond acceptors (Lipinski definition) is 3. The van der Waals surface area contributed by atoms with Crippen LogP contribution in [-0.4, -0.2) is 33.3 Å². The molecule has 0 radical (unpaired) electrons. The molecule has 0 saturated heterocycles. The molecule has 0 saturated carbocycles. The lowest BCUT2D eigenvalue weighted by molar-refractivity contribution is 0.499. The first kappa shape index (κ1) is 9.57. The van der Waals surface area contributed by atoms with Gasteiger partial charge in [-0.1, -0.05) is 6.08 Å². The van der Waals surface area contributed by atoms with Gasteiger partial charge in [0.2, 0.25) is 0 Å². The molecule has 0 atom stereocenters. The predicted octanol–water partition coefficient (Wildman–Crippen LogP) is -0.750. The molecule has 1 aliphatic rings. The number of rotatable bonds is 2. The fourth-order valence-electron chi connectivity index (χ4n) is 1.39. The second-order valence-corrected chi connectivity index (χ2v) is 3.48. The van der Waals surface area contributed by atoms with E-state index in [0.717, 1.165) is 16.7 Å². The van der Waals surface area contributed by atoms with Crippen LogP contribution in [0.5, 0.6) is 0 Å². The van der Waals surface area contributed by atoms with Crippen LogP contribution < -0.4 is 11.4 Å². The van der Waals surface area contributed by atoms with Gasteiger partial charge >= 0.3 is 11.4 Å². The molecule has 0 aliphatic carbocycles. The van der Waals surface area contributed by atoms with Gasteiger partial charge in [0.25, 0.3) is 0 Å². The first-order valence-corrected chi connectivity index (χ1v) is 4.62. The molecule has 0 fully saturated rings. The summed E-state index contributed by atoms with van der Waals surface area (Å²) in [5, 5.41) is 4.49.